The Morgan fingerprint density at radius 2 is 1.86 bits per heavy atom. The zero-order valence-electron chi connectivity index (χ0n) is 11.8. The van der Waals surface area contributed by atoms with Crippen LogP contribution in [0, 0.1) is 0 Å². The number of hydrogen-bond acceptors (Lipinski definition) is 8. The first-order valence-electron chi connectivity index (χ1n) is 6.16. The third kappa shape index (κ3) is 3.78. The van der Waals surface area contributed by atoms with Gasteiger partial charge in [-0.15, -0.1) is 0 Å². The van der Waals surface area contributed by atoms with Gasteiger partial charge in [-0.05, 0) is 18.2 Å². The Kier molecular flexibility index (Phi) is 4.17. The highest BCUT2D eigenvalue weighted by molar-refractivity contribution is 5.90. The number of esters is 1. The lowest BCUT2D eigenvalue weighted by Crippen LogP contribution is -2.12. The van der Waals surface area contributed by atoms with Gasteiger partial charge in [-0.3, -0.25) is 0 Å². The van der Waals surface area contributed by atoms with Crippen LogP contribution in [-0.4, -0.2) is 35.0 Å². The first-order valence-corrected chi connectivity index (χ1v) is 6.16. The summed E-state index contributed by atoms with van der Waals surface area (Å²) in [4.78, 5) is 25.2. The van der Waals surface area contributed by atoms with E-state index in [0.29, 0.717) is 5.56 Å². The Morgan fingerprint density at radius 3 is 2.48 bits per heavy atom. The van der Waals surface area contributed by atoms with Crippen LogP contribution in [0.15, 0.2) is 24.3 Å². The molecule has 0 bridgehead atoms. The number of nitrogens with zero attached hydrogens (tertiary/aromatic N) is 4. The van der Waals surface area contributed by atoms with E-state index in [1.165, 1.54) is 0 Å². The van der Waals surface area contributed by atoms with Gasteiger partial charge in [-0.1, -0.05) is 6.07 Å². The van der Waals surface area contributed by atoms with Gasteiger partial charge < -0.3 is 21.1 Å². The van der Waals surface area contributed by atoms with Crippen molar-refractivity contribution >= 4 is 23.6 Å². The molecule has 0 spiro atoms. The molecule has 8 heteroatoms. The highest BCUT2D eigenvalue weighted by Crippen LogP contribution is 2.14. The van der Waals surface area contributed by atoms with Crippen molar-refractivity contribution in [2.75, 3.05) is 30.5 Å². The Labute approximate surface area is 121 Å². The largest absolute Gasteiger partial charge is 0.454 e. The molecule has 4 N–H and O–H groups in total. The van der Waals surface area contributed by atoms with E-state index in [2.05, 4.69) is 15.0 Å². The number of anilines is 3. The summed E-state index contributed by atoms with van der Waals surface area (Å²) in [6, 6.07) is 7.08. The van der Waals surface area contributed by atoms with Crippen molar-refractivity contribution in [3.63, 3.8) is 0 Å². The van der Waals surface area contributed by atoms with Crippen LogP contribution in [0.25, 0.3) is 0 Å². The summed E-state index contributed by atoms with van der Waals surface area (Å²) in [5.41, 5.74) is 12.2. The van der Waals surface area contributed by atoms with E-state index in [-0.39, 0.29) is 24.3 Å². The first-order chi connectivity index (χ1) is 9.95. The van der Waals surface area contributed by atoms with Crippen LogP contribution in [0.2, 0.25) is 0 Å². The lowest BCUT2D eigenvalue weighted by Gasteiger charge is -2.13. The molecule has 2 rings (SSSR count). The number of nitrogens with two attached hydrogens (primary N) is 2. The molecule has 0 aliphatic heterocycles. The maximum absolute atomic E-state index is 12.0. The lowest BCUT2D eigenvalue weighted by molar-refractivity contribution is 0.0462. The normalized spacial score (nSPS) is 10.2. The van der Waals surface area contributed by atoms with E-state index in [1.807, 2.05) is 25.1 Å². The van der Waals surface area contributed by atoms with E-state index >= 15 is 0 Å². The fraction of sp³-hybridized carbons (Fsp3) is 0.231. The van der Waals surface area contributed by atoms with Gasteiger partial charge in [0.05, 0.1) is 5.56 Å². The standard InChI is InChI=1S/C13H16N6O2/c1-19(2)9-5-3-4-8(6-9)11(20)21-7-10-16-12(14)18-13(15)17-10/h3-6H,7H2,1-2H3,(H4,14,15,16,17,18). The summed E-state index contributed by atoms with van der Waals surface area (Å²) in [5.74, 6) is -0.292. The molecule has 21 heavy (non-hydrogen) atoms. The number of benzene rings is 1. The van der Waals surface area contributed by atoms with Gasteiger partial charge in [-0.25, -0.2) is 4.79 Å². The first kappa shape index (κ1) is 14.5. The summed E-state index contributed by atoms with van der Waals surface area (Å²) in [6.45, 7) is -0.123. The van der Waals surface area contributed by atoms with Crippen LogP contribution in [0.3, 0.4) is 0 Å². The SMILES string of the molecule is CN(C)c1cccc(C(=O)OCc2nc(N)nc(N)n2)c1. The van der Waals surface area contributed by atoms with Gasteiger partial charge >= 0.3 is 5.97 Å². The molecule has 1 aromatic heterocycles. The predicted molar refractivity (Wildman–Crippen MR) is 78.5 cm³/mol. The molecule has 0 unspecified atom stereocenters. The van der Waals surface area contributed by atoms with Gasteiger partial charge in [-0.2, -0.15) is 15.0 Å². The van der Waals surface area contributed by atoms with E-state index in [9.17, 15) is 4.79 Å². The molecule has 0 fully saturated rings. The van der Waals surface area contributed by atoms with Gasteiger partial charge in [0.25, 0.3) is 0 Å². The lowest BCUT2D eigenvalue weighted by atomic mass is 10.2. The second kappa shape index (κ2) is 6.04. The highest BCUT2D eigenvalue weighted by Gasteiger charge is 2.10. The highest BCUT2D eigenvalue weighted by atomic mass is 16.5. The van der Waals surface area contributed by atoms with Crippen molar-refractivity contribution in [3.8, 4) is 0 Å². The van der Waals surface area contributed by atoms with E-state index < -0.39 is 5.97 Å². The number of aromatic nitrogens is 3. The van der Waals surface area contributed by atoms with Crippen LogP contribution < -0.4 is 16.4 Å². The van der Waals surface area contributed by atoms with Crippen LogP contribution >= 0.6 is 0 Å². The van der Waals surface area contributed by atoms with Crippen molar-refractivity contribution in [1.82, 2.24) is 15.0 Å². The zero-order chi connectivity index (χ0) is 15.4. The molecule has 0 saturated heterocycles. The molecule has 0 aliphatic rings. The minimum Gasteiger partial charge on any atom is -0.454 e. The average Bonchev–Trinajstić information content (AvgIpc) is 2.44. The molecule has 0 amide bonds. The monoisotopic (exact) mass is 288 g/mol. The van der Waals surface area contributed by atoms with Crippen LogP contribution in [0.4, 0.5) is 17.6 Å². The Bertz CT molecular complexity index is 639. The van der Waals surface area contributed by atoms with E-state index in [1.54, 1.807) is 18.2 Å². The summed E-state index contributed by atoms with van der Waals surface area (Å²) >= 11 is 0. The van der Waals surface area contributed by atoms with Crippen molar-refractivity contribution in [2.24, 2.45) is 0 Å². The van der Waals surface area contributed by atoms with E-state index in [0.717, 1.165) is 5.69 Å². The molecule has 0 aliphatic carbocycles. The van der Waals surface area contributed by atoms with Gasteiger partial charge in [0, 0.05) is 19.8 Å². The van der Waals surface area contributed by atoms with Crippen molar-refractivity contribution in [3.05, 3.63) is 35.7 Å². The molecule has 110 valence electrons. The summed E-state index contributed by atoms with van der Waals surface area (Å²) < 4.78 is 5.14. The molecule has 2 aromatic rings. The van der Waals surface area contributed by atoms with Gasteiger partial charge in [0.15, 0.2) is 12.4 Å². The number of carbonyl (C=O) groups excluding carboxylic acids is 1. The minimum absolute atomic E-state index is 0.0110. The minimum atomic E-state index is -0.476. The fourth-order valence-electron chi connectivity index (χ4n) is 1.65. The molecule has 1 aromatic carbocycles. The predicted octanol–water partition coefficient (Wildman–Crippen LogP) is 0.459. The third-order valence-electron chi connectivity index (χ3n) is 2.65. The van der Waals surface area contributed by atoms with Crippen molar-refractivity contribution in [2.45, 2.75) is 6.61 Å². The van der Waals surface area contributed by atoms with Crippen molar-refractivity contribution < 1.29 is 9.53 Å². The summed E-state index contributed by atoms with van der Waals surface area (Å²) in [5, 5.41) is 0. The maximum Gasteiger partial charge on any atom is 0.338 e. The molecule has 8 nitrogen and oxygen atoms in total. The zero-order valence-corrected chi connectivity index (χ0v) is 11.8. The van der Waals surface area contributed by atoms with Gasteiger partial charge in [0.1, 0.15) is 0 Å². The van der Waals surface area contributed by atoms with Crippen LogP contribution in [0.1, 0.15) is 16.2 Å². The fourth-order valence-corrected chi connectivity index (χ4v) is 1.65. The molecular formula is C13H16N6O2. The number of hydrogen-bond donors (Lipinski definition) is 2. The summed E-state index contributed by atoms with van der Waals surface area (Å²) in [7, 11) is 3.78. The molecule has 0 radical (unpaired) electrons. The van der Waals surface area contributed by atoms with Gasteiger partial charge in [0.2, 0.25) is 11.9 Å². The van der Waals surface area contributed by atoms with Crippen LogP contribution in [-0.2, 0) is 11.3 Å². The second-order valence-corrected chi connectivity index (χ2v) is 4.49. The Hall–Kier alpha value is -2.90. The maximum atomic E-state index is 12.0. The average molecular weight is 288 g/mol. The molecule has 0 atom stereocenters. The van der Waals surface area contributed by atoms with Crippen LogP contribution in [0.5, 0.6) is 0 Å². The third-order valence-corrected chi connectivity index (χ3v) is 2.65. The quantitative estimate of drug-likeness (QED) is 0.778. The number of nitrogen functional groups attached to an aromatic ring is 2. The number of rotatable bonds is 4. The molecule has 1 heterocycles. The van der Waals surface area contributed by atoms with Crippen molar-refractivity contribution in [1.29, 1.82) is 0 Å². The number of carbonyl (C=O) groups is 1. The second-order valence-electron chi connectivity index (χ2n) is 4.49. The smallest absolute Gasteiger partial charge is 0.338 e. The Morgan fingerprint density at radius 1 is 1.19 bits per heavy atom. The molecule has 0 saturated carbocycles. The van der Waals surface area contributed by atoms with E-state index in [4.69, 9.17) is 16.2 Å². The molecular weight excluding hydrogens is 272 g/mol. The summed E-state index contributed by atoms with van der Waals surface area (Å²) in [6.07, 6.45) is 0. The Balaban J connectivity index is 2.06. The number of ether oxygens (including phenoxy) is 1. The topological polar surface area (TPSA) is 120 Å².